The van der Waals surface area contributed by atoms with Gasteiger partial charge < -0.3 is 15.0 Å². The number of rotatable bonds is 8. The van der Waals surface area contributed by atoms with Gasteiger partial charge in [-0.3, -0.25) is 4.79 Å². The van der Waals surface area contributed by atoms with E-state index in [-0.39, 0.29) is 5.91 Å². The number of anilines is 1. The van der Waals surface area contributed by atoms with Crippen molar-refractivity contribution in [2.75, 3.05) is 25.0 Å². The molecule has 0 radical (unpaired) electrons. The van der Waals surface area contributed by atoms with Gasteiger partial charge in [-0.25, -0.2) is 0 Å². The van der Waals surface area contributed by atoms with Crippen LogP contribution in [0.1, 0.15) is 69.4 Å². The van der Waals surface area contributed by atoms with E-state index in [0.717, 1.165) is 62.3 Å². The van der Waals surface area contributed by atoms with Crippen molar-refractivity contribution in [1.29, 1.82) is 0 Å². The van der Waals surface area contributed by atoms with Gasteiger partial charge in [0.15, 0.2) is 0 Å². The number of ether oxygens (including phenoxy) is 1. The first-order valence-corrected chi connectivity index (χ1v) is 12.4. The van der Waals surface area contributed by atoms with Crippen LogP contribution in [-0.4, -0.2) is 36.5 Å². The van der Waals surface area contributed by atoms with Gasteiger partial charge in [-0.1, -0.05) is 49.1 Å². The fraction of sp³-hybridized carbons (Fsp3) is 0.536. The van der Waals surface area contributed by atoms with Crippen LogP contribution in [0.15, 0.2) is 48.5 Å². The van der Waals surface area contributed by atoms with Gasteiger partial charge in [0.05, 0.1) is 12.0 Å². The molecule has 1 aliphatic heterocycles. The third kappa shape index (κ3) is 5.35. The van der Waals surface area contributed by atoms with E-state index in [1.165, 1.54) is 31.4 Å². The maximum atomic E-state index is 13.3. The van der Waals surface area contributed by atoms with Gasteiger partial charge in [-0.2, -0.15) is 0 Å². The molecule has 1 saturated heterocycles. The lowest BCUT2D eigenvalue weighted by molar-refractivity contribution is -0.121. The molecule has 0 spiro atoms. The minimum absolute atomic E-state index is 0.114. The highest BCUT2D eigenvalue weighted by Crippen LogP contribution is 2.42. The fourth-order valence-corrected chi connectivity index (χ4v) is 5.33. The third-order valence-electron chi connectivity index (χ3n) is 7.41. The summed E-state index contributed by atoms with van der Waals surface area (Å²) in [6, 6.07) is 17.0. The van der Waals surface area contributed by atoms with Crippen LogP contribution in [0.3, 0.4) is 0 Å². The summed E-state index contributed by atoms with van der Waals surface area (Å²) >= 11 is 0. The summed E-state index contributed by atoms with van der Waals surface area (Å²) in [5.41, 5.74) is 2.79. The number of carbonyl (C=O) groups excluding carboxylic acids is 1. The number of amides is 1. The molecule has 1 heterocycles. The van der Waals surface area contributed by atoms with Crippen LogP contribution in [0, 0.1) is 6.92 Å². The normalized spacial score (nSPS) is 20.8. The molecule has 1 N–H and O–H groups in total. The van der Waals surface area contributed by atoms with Crippen molar-refractivity contribution >= 4 is 11.6 Å². The second-order valence-electron chi connectivity index (χ2n) is 9.72. The number of nitrogens with one attached hydrogen (secondary N) is 1. The van der Waals surface area contributed by atoms with Gasteiger partial charge in [-0.05, 0) is 82.3 Å². The van der Waals surface area contributed by atoms with Crippen LogP contribution in [0.4, 0.5) is 5.69 Å². The Kier molecular flexibility index (Phi) is 7.51. The van der Waals surface area contributed by atoms with Crippen molar-refractivity contribution in [3.05, 3.63) is 59.7 Å². The first kappa shape index (κ1) is 22.8. The lowest BCUT2D eigenvalue weighted by Gasteiger charge is -2.33. The van der Waals surface area contributed by atoms with Crippen LogP contribution in [0.2, 0.25) is 0 Å². The van der Waals surface area contributed by atoms with E-state index < -0.39 is 5.41 Å². The summed E-state index contributed by atoms with van der Waals surface area (Å²) in [5, 5.41) is 3.18. The Hall–Kier alpha value is -2.33. The zero-order valence-electron chi connectivity index (χ0n) is 19.7. The van der Waals surface area contributed by atoms with Crippen molar-refractivity contribution in [1.82, 2.24) is 4.90 Å². The molecule has 2 fully saturated rings. The number of carbonyl (C=O) groups is 1. The monoisotopic (exact) mass is 434 g/mol. The summed E-state index contributed by atoms with van der Waals surface area (Å²) in [5.74, 6) is 0.979. The molecule has 0 unspecified atom stereocenters. The van der Waals surface area contributed by atoms with Gasteiger partial charge in [-0.15, -0.1) is 0 Å². The molecule has 172 valence electrons. The van der Waals surface area contributed by atoms with Gasteiger partial charge in [0.25, 0.3) is 0 Å². The minimum Gasteiger partial charge on any atom is -0.494 e. The largest absolute Gasteiger partial charge is 0.494 e. The van der Waals surface area contributed by atoms with E-state index in [1.807, 2.05) is 24.3 Å². The Labute approximate surface area is 193 Å². The van der Waals surface area contributed by atoms with E-state index in [4.69, 9.17) is 4.74 Å². The van der Waals surface area contributed by atoms with E-state index in [0.29, 0.717) is 6.04 Å². The molecular weight excluding hydrogens is 396 g/mol. The van der Waals surface area contributed by atoms with E-state index >= 15 is 0 Å². The Balaban J connectivity index is 1.30. The first-order chi connectivity index (χ1) is 15.6. The summed E-state index contributed by atoms with van der Waals surface area (Å²) in [6.45, 7) is 7.48. The molecular formula is C28H38N2O2. The fourth-order valence-electron chi connectivity index (χ4n) is 5.33. The van der Waals surface area contributed by atoms with Crippen LogP contribution >= 0.6 is 0 Å². The Morgan fingerprint density at radius 1 is 1.03 bits per heavy atom. The number of hydrogen-bond donors (Lipinski definition) is 1. The van der Waals surface area contributed by atoms with Crippen molar-refractivity contribution < 1.29 is 9.53 Å². The molecule has 1 saturated carbocycles. The predicted octanol–water partition coefficient (Wildman–Crippen LogP) is 6.09. The molecule has 32 heavy (non-hydrogen) atoms. The van der Waals surface area contributed by atoms with Gasteiger partial charge in [0.1, 0.15) is 5.75 Å². The highest BCUT2D eigenvalue weighted by molar-refractivity contribution is 5.99. The average Bonchev–Trinajstić information content (AvgIpc) is 3.31. The summed E-state index contributed by atoms with van der Waals surface area (Å²) in [6.07, 6.45) is 9.08. The molecule has 2 aromatic rings. The van der Waals surface area contributed by atoms with Crippen LogP contribution in [0.5, 0.6) is 5.75 Å². The Morgan fingerprint density at radius 3 is 2.44 bits per heavy atom. The van der Waals surface area contributed by atoms with Gasteiger partial charge in [0.2, 0.25) is 5.91 Å². The predicted molar refractivity (Wildman–Crippen MR) is 131 cm³/mol. The molecule has 1 amide bonds. The number of aryl methyl sites for hydroxylation is 1. The smallest absolute Gasteiger partial charge is 0.235 e. The van der Waals surface area contributed by atoms with Crippen LogP contribution < -0.4 is 10.1 Å². The number of nitrogens with zero attached hydrogens (tertiary/aromatic N) is 1. The van der Waals surface area contributed by atoms with Crippen LogP contribution in [-0.2, 0) is 10.2 Å². The Morgan fingerprint density at radius 2 is 1.75 bits per heavy atom. The maximum Gasteiger partial charge on any atom is 0.235 e. The molecule has 4 heteroatoms. The Bertz CT molecular complexity index is 869. The molecule has 4 nitrogen and oxygen atoms in total. The highest BCUT2D eigenvalue weighted by Gasteiger charge is 2.42. The van der Waals surface area contributed by atoms with Gasteiger partial charge >= 0.3 is 0 Å². The minimum atomic E-state index is -0.408. The standard InChI is InChI=1S/C28H38N2O2/c1-22-9-11-24(12-10-22)28(17-4-5-18-28)27(31)29-25-13-15-26(16-14-25)32-21-7-20-30-19-6-3-8-23(30)2/h9-16,23H,3-8,17-21H2,1-2H3,(H,29,31)/t23-/m1/s1. The lowest BCUT2D eigenvalue weighted by Crippen LogP contribution is -2.38. The van der Waals surface area contributed by atoms with Crippen LogP contribution in [0.25, 0.3) is 0 Å². The van der Waals surface area contributed by atoms with Crippen molar-refractivity contribution in [3.63, 3.8) is 0 Å². The zero-order chi connectivity index (χ0) is 22.4. The molecule has 1 atom stereocenters. The molecule has 4 rings (SSSR count). The van der Waals surface area contributed by atoms with Crippen molar-refractivity contribution in [3.8, 4) is 5.75 Å². The number of piperidine rings is 1. The summed E-state index contributed by atoms with van der Waals surface area (Å²) in [7, 11) is 0. The third-order valence-corrected chi connectivity index (χ3v) is 7.41. The van der Waals surface area contributed by atoms with Crippen molar-refractivity contribution in [2.45, 2.75) is 76.7 Å². The second-order valence-corrected chi connectivity index (χ2v) is 9.72. The van der Waals surface area contributed by atoms with Crippen molar-refractivity contribution in [2.24, 2.45) is 0 Å². The topological polar surface area (TPSA) is 41.6 Å². The quantitative estimate of drug-likeness (QED) is 0.511. The molecule has 2 aliphatic rings. The molecule has 0 aromatic heterocycles. The van der Waals surface area contributed by atoms with E-state index in [2.05, 4.69) is 48.3 Å². The molecule has 2 aromatic carbocycles. The zero-order valence-corrected chi connectivity index (χ0v) is 19.7. The van der Waals surface area contributed by atoms with Gasteiger partial charge in [0, 0.05) is 18.3 Å². The average molecular weight is 435 g/mol. The van der Waals surface area contributed by atoms with E-state index in [1.54, 1.807) is 0 Å². The lowest BCUT2D eigenvalue weighted by atomic mass is 9.77. The second kappa shape index (κ2) is 10.5. The highest BCUT2D eigenvalue weighted by atomic mass is 16.5. The SMILES string of the molecule is Cc1ccc(C2(C(=O)Nc3ccc(OCCCN4CCCC[C@H]4C)cc3)CCCC2)cc1. The van der Waals surface area contributed by atoms with E-state index in [9.17, 15) is 4.79 Å². The number of hydrogen-bond acceptors (Lipinski definition) is 3. The summed E-state index contributed by atoms with van der Waals surface area (Å²) < 4.78 is 5.95. The number of benzene rings is 2. The summed E-state index contributed by atoms with van der Waals surface area (Å²) in [4.78, 5) is 15.9. The molecule has 1 aliphatic carbocycles. The maximum absolute atomic E-state index is 13.3. The number of likely N-dealkylation sites (tertiary alicyclic amines) is 1. The first-order valence-electron chi connectivity index (χ1n) is 12.4. The molecule has 0 bridgehead atoms.